The molecule has 0 saturated carbocycles. The molecule has 2 heterocycles. The van der Waals surface area contributed by atoms with Gasteiger partial charge in [0.2, 0.25) is 10.9 Å². The molecule has 1 aromatic carbocycles. The number of hydrogen-bond donors (Lipinski definition) is 1. The average molecular weight is 376 g/mol. The van der Waals surface area contributed by atoms with Gasteiger partial charge in [-0.1, -0.05) is 29.0 Å². The maximum atomic E-state index is 12.2. The first-order valence-corrected chi connectivity index (χ1v) is 9.07. The van der Waals surface area contributed by atoms with Crippen molar-refractivity contribution in [3.05, 3.63) is 39.8 Å². The first kappa shape index (κ1) is 18.4. The van der Waals surface area contributed by atoms with E-state index in [0.29, 0.717) is 37.0 Å². The quantitative estimate of drug-likeness (QED) is 0.821. The number of aryl methyl sites for hydroxylation is 1. The Balaban J connectivity index is 1.45. The van der Waals surface area contributed by atoms with Crippen LogP contribution in [0.1, 0.15) is 20.4 Å². The maximum Gasteiger partial charge on any atom is 0.286 e. The van der Waals surface area contributed by atoms with E-state index in [-0.39, 0.29) is 30.0 Å². The Morgan fingerprint density at radius 2 is 1.96 bits per heavy atom. The zero-order valence-corrected chi connectivity index (χ0v) is 15.3. The third-order valence-electron chi connectivity index (χ3n) is 3.79. The minimum absolute atomic E-state index is 0.0233. The van der Waals surface area contributed by atoms with Crippen LogP contribution in [0.5, 0.6) is 0 Å². The minimum Gasteiger partial charge on any atom is -0.378 e. The molecule has 1 saturated heterocycles. The molecule has 0 bridgehead atoms. The number of ether oxygens (including phenoxy) is 2. The van der Waals surface area contributed by atoms with Gasteiger partial charge in [-0.3, -0.25) is 9.59 Å². The summed E-state index contributed by atoms with van der Waals surface area (Å²) >= 11 is 1.15. The Kier molecular flexibility index (Phi) is 6.26. The maximum absolute atomic E-state index is 12.2. The van der Waals surface area contributed by atoms with Crippen LogP contribution in [0.15, 0.2) is 24.3 Å². The molecule has 1 N–H and O–H groups in total. The highest BCUT2D eigenvalue weighted by Crippen LogP contribution is 2.15. The number of aromatic nitrogens is 2. The lowest BCUT2D eigenvalue weighted by Crippen LogP contribution is -2.42. The summed E-state index contributed by atoms with van der Waals surface area (Å²) in [5, 5.41) is 11.4. The van der Waals surface area contributed by atoms with Crippen LogP contribution in [0.2, 0.25) is 0 Å². The molecular weight excluding hydrogens is 356 g/mol. The molecule has 1 aliphatic rings. The highest BCUT2D eigenvalue weighted by Gasteiger charge is 2.17. The summed E-state index contributed by atoms with van der Waals surface area (Å²) in [6.45, 7) is 4.39. The van der Waals surface area contributed by atoms with E-state index in [9.17, 15) is 9.59 Å². The third-order valence-corrected chi connectivity index (χ3v) is 4.68. The van der Waals surface area contributed by atoms with Gasteiger partial charge in [0.05, 0.1) is 13.2 Å². The van der Waals surface area contributed by atoms with Crippen molar-refractivity contribution in [2.75, 3.05) is 38.2 Å². The zero-order valence-electron chi connectivity index (χ0n) is 14.4. The van der Waals surface area contributed by atoms with E-state index in [0.717, 1.165) is 16.9 Å². The molecule has 2 amide bonds. The van der Waals surface area contributed by atoms with E-state index < -0.39 is 0 Å². The summed E-state index contributed by atoms with van der Waals surface area (Å²) in [4.78, 5) is 25.9. The van der Waals surface area contributed by atoms with Crippen molar-refractivity contribution in [1.29, 1.82) is 0 Å². The standard InChI is InChI=1S/C17H20N4O4S/c1-12-2-4-13(5-3-12)18-16(23)17-20-19-14(26-17)10-25-11-15(22)21-6-8-24-9-7-21/h2-5H,6-11H2,1H3,(H,18,23). The van der Waals surface area contributed by atoms with Crippen LogP contribution >= 0.6 is 11.3 Å². The lowest BCUT2D eigenvalue weighted by Gasteiger charge is -2.26. The fraction of sp³-hybridized carbons (Fsp3) is 0.412. The molecule has 138 valence electrons. The molecular formula is C17H20N4O4S. The topological polar surface area (TPSA) is 93.7 Å². The van der Waals surface area contributed by atoms with Crippen LogP contribution < -0.4 is 5.32 Å². The van der Waals surface area contributed by atoms with Gasteiger partial charge in [0, 0.05) is 18.8 Å². The molecule has 0 aliphatic carbocycles. The zero-order chi connectivity index (χ0) is 18.4. The number of nitrogens with zero attached hydrogens (tertiary/aromatic N) is 3. The van der Waals surface area contributed by atoms with Crippen LogP contribution in [0.3, 0.4) is 0 Å². The van der Waals surface area contributed by atoms with Gasteiger partial charge >= 0.3 is 0 Å². The number of amides is 2. The van der Waals surface area contributed by atoms with Crippen molar-refractivity contribution >= 4 is 28.8 Å². The number of carbonyl (C=O) groups excluding carboxylic acids is 2. The molecule has 9 heteroatoms. The first-order chi connectivity index (χ1) is 12.6. The predicted molar refractivity (Wildman–Crippen MR) is 96.1 cm³/mol. The Morgan fingerprint density at radius 3 is 2.69 bits per heavy atom. The summed E-state index contributed by atoms with van der Waals surface area (Å²) in [6, 6.07) is 7.49. The second-order valence-corrected chi connectivity index (χ2v) is 6.87. The highest BCUT2D eigenvalue weighted by atomic mass is 32.1. The minimum atomic E-state index is -0.318. The number of benzene rings is 1. The number of anilines is 1. The third kappa shape index (κ3) is 5.07. The first-order valence-electron chi connectivity index (χ1n) is 8.25. The molecule has 0 unspecified atom stereocenters. The van der Waals surface area contributed by atoms with Gasteiger partial charge in [-0.15, -0.1) is 10.2 Å². The van der Waals surface area contributed by atoms with E-state index in [1.807, 2.05) is 31.2 Å². The van der Waals surface area contributed by atoms with E-state index in [4.69, 9.17) is 9.47 Å². The van der Waals surface area contributed by atoms with E-state index in [1.54, 1.807) is 4.90 Å². The summed E-state index contributed by atoms with van der Waals surface area (Å²) < 4.78 is 10.6. The number of nitrogens with one attached hydrogen (secondary N) is 1. The normalized spacial score (nSPS) is 14.3. The molecule has 0 atom stereocenters. The summed E-state index contributed by atoms with van der Waals surface area (Å²) in [6.07, 6.45) is 0. The molecule has 3 rings (SSSR count). The second-order valence-electron chi connectivity index (χ2n) is 5.81. The molecule has 0 spiro atoms. The molecule has 8 nitrogen and oxygen atoms in total. The van der Waals surface area contributed by atoms with E-state index in [2.05, 4.69) is 15.5 Å². The van der Waals surface area contributed by atoms with Gasteiger partial charge in [0.25, 0.3) is 5.91 Å². The summed E-state index contributed by atoms with van der Waals surface area (Å²) in [5.41, 5.74) is 1.81. The SMILES string of the molecule is Cc1ccc(NC(=O)c2nnc(COCC(=O)N3CCOCC3)s2)cc1. The van der Waals surface area contributed by atoms with Crippen molar-refractivity contribution < 1.29 is 19.1 Å². The molecule has 1 aromatic heterocycles. The van der Waals surface area contributed by atoms with Crippen molar-refractivity contribution in [3.8, 4) is 0 Å². The lowest BCUT2D eigenvalue weighted by molar-refractivity contribution is -0.140. The summed E-state index contributed by atoms with van der Waals surface area (Å²) in [5.74, 6) is -0.392. The molecule has 26 heavy (non-hydrogen) atoms. The van der Waals surface area contributed by atoms with Gasteiger partial charge in [-0.2, -0.15) is 0 Å². The highest BCUT2D eigenvalue weighted by molar-refractivity contribution is 7.13. The molecule has 1 fully saturated rings. The predicted octanol–water partition coefficient (Wildman–Crippen LogP) is 1.47. The van der Waals surface area contributed by atoms with Crippen LogP contribution in [-0.2, 0) is 20.9 Å². The monoisotopic (exact) mass is 376 g/mol. The van der Waals surface area contributed by atoms with Crippen LogP contribution in [0, 0.1) is 6.92 Å². The van der Waals surface area contributed by atoms with Crippen LogP contribution in [0.25, 0.3) is 0 Å². The molecule has 2 aromatic rings. The fourth-order valence-corrected chi connectivity index (χ4v) is 3.03. The number of carbonyl (C=O) groups is 2. The van der Waals surface area contributed by atoms with Gasteiger partial charge in [-0.25, -0.2) is 0 Å². The summed E-state index contributed by atoms with van der Waals surface area (Å²) in [7, 11) is 0. The van der Waals surface area contributed by atoms with E-state index >= 15 is 0 Å². The van der Waals surface area contributed by atoms with Crippen molar-refractivity contribution in [1.82, 2.24) is 15.1 Å². The average Bonchev–Trinajstić information content (AvgIpc) is 3.13. The van der Waals surface area contributed by atoms with Crippen molar-refractivity contribution in [3.63, 3.8) is 0 Å². The largest absolute Gasteiger partial charge is 0.378 e. The Morgan fingerprint density at radius 1 is 1.23 bits per heavy atom. The second kappa shape index (κ2) is 8.84. The number of hydrogen-bond acceptors (Lipinski definition) is 7. The van der Waals surface area contributed by atoms with Gasteiger partial charge < -0.3 is 19.7 Å². The van der Waals surface area contributed by atoms with Gasteiger partial charge in [-0.05, 0) is 19.1 Å². The van der Waals surface area contributed by atoms with Crippen molar-refractivity contribution in [2.45, 2.75) is 13.5 Å². The molecule has 0 radical (unpaired) electrons. The Labute approximate surface area is 155 Å². The van der Waals surface area contributed by atoms with Crippen molar-refractivity contribution in [2.24, 2.45) is 0 Å². The number of morpholine rings is 1. The smallest absolute Gasteiger partial charge is 0.286 e. The Bertz CT molecular complexity index is 756. The number of rotatable bonds is 6. The Hall–Kier alpha value is -2.36. The van der Waals surface area contributed by atoms with Gasteiger partial charge in [0.15, 0.2) is 0 Å². The fourth-order valence-electron chi connectivity index (χ4n) is 2.35. The van der Waals surface area contributed by atoms with Gasteiger partial charge in [0.1, 0.15) is 18.2 Å². The van der Waals surface area contributed by atoms with Crippen LogP contribution in [0.4, 0.5) is 5.69 Å². The van der Waals surface area contributed by atoms with E-state index in [1.165, 1.54) is 0 Å². The molecule has 1 aliphatic heterocycles. The lowest BCUT2D eigenvalue weighted by atomic mass is 10.2. The van der Waals surface area contributed by atoms with Crippen LogP contribution in [-0.4, -0.2) is 59.8 Å².